The molecule has 0 fully saturated rings. The minimum absolute atomic E-state index is 0. The molecule has 0 bridgehead atoms. The van der Waals surface area contributed by atoms with E-state index in [1.807, 2.05) is 30.4 Å². The maximum absolute atomic E-state index is 4.50. The number of allylic oxidation sites excluding steroid dienone is 1. The van der Waals surface area contributed by atoms with E-state index in [0.717, 1.165) is 5.39 Å². The summed E-state index contributed by atoms with van der Waals surface area (Å²) < 4.78 is 0. The van der Waals surface area contributed by atoms with Crippen LogP contribution in [0.2, 0.25) is 5.39 Å². The van der Waals surface area contributed by atoms with Gasteiger partial charge in [0.05, 0.1) is 0 Å². The molecule has 0 aliphatic rings. The molecule has 0 N–H and O–H groups in total. The second kappa shape index (κ2) is 6.63. The third kappa shape index (κ3) is 4.39. The van der Waals surface area contributed by atoms with Gasteiger partial charge < -0.3 is 0 Å². The van der Waals surface area contributed by atoms with Gasteiger partial charge in [0, 0.05) is 0 Å². The number of halogens is 1. The summed E-state index contributed by atoms with van der Waals surface area (Å²) >= 11 is 4.50. The number of rotatable bonds is 2. The van der Waals surface area contributed by atoms with Gasteiger partial charge >= 0.3 is 68.9 Å². The molecule has 0 amide bonds. The number of hydrogen-bond donors (Lipinski definition) is 0. The van der Waals surface area contributed by atoms with Gasteiger partial charge in [0.15, 0.2) is 0 Å². The molecule has 0 saturated carbocycles. The topological polar surface area (TPSA) is 0 Å². The summed E-state index contributed by atoms with van der Waals surface area (Å²) in [6, 6.07) is 10.2. The van der Waals surface area contributed by atoms with E-state index in [1.165, 1.54) is 5.56 Å². The third-order valence-electron chi connectivity index (χ3n) is 1.18. The first kappa shape index (κ1) is 10.9. The maximum atomic E-state index is 4.50. The molecule has 11 heavy (non-hydrogen) atoms. The Bertz CT molecular complexity index is 206. The second-order valence-corrected chi connectivity index (χ2v) is 2.35. The summed E-state index contributed by atoms with van der Waals surface area (Å²) in [5.41, 5.74) is 1.22. The molecule has 0 aromatic heterocycles. The standard InChI is InChI=1S/C9H9.BrH.Ni/c1-2-6-9-7-4-3-5-8-9;;/h2-8H,1H2;1H;. The van der Waals surface area contributed by atoms with Gasteiger partial charge in [0.25, 0.3) is 0 Å². The van der Waals surface area contributed by atoms with Crippen LogP contribution >= 0.6 is 17.0 Å². The van der Waals surface area contributed by atoms with Gasteiger partial charge in [0.1, 0.15) is 0 Å². The molecule has 2 heteroatoms. The fraction of sp³-hybridized carbons (Fsp3) is 0.111. The molecule has 1 aromatic carbocycles. The van der Waals surface area contributed by atoms with Gasteiger partial charge in [-0.1, -0.05) is 0 Å². The van der Waals surface area contributed by atoms with Crippen LogP contribution in [0, 0.1) is 0 Å². The van der Waals surface area contributed by atoms with Crippen molar-refractivity contribution in [3.8, 4) is 0 Å². The fourth-order valence-corrected chi connectivity index (χ4v) is 0.854. The van der Waals surface area contributed by atoms with E-state index in [4.69, 9.17) is 0 Å². The van der Waals surface area contributed by atoms with Crippen molar-refractivity contribution < 1.29 is 15.5 Å². The van der Waals surface area contributed by atoms with Crippen molar-refractivity contribution in [3.05, 3.63) is 42.0 Å². The monoisotopic (exact) mass is 255 g/mol. The molecule has 1 aromatic rings. The predicted molar refractivity (Wildman–Crippen MR) is 50.6 cm³/mol. The predicted octanol–water partition coefficient (Wildman–Crippen LogP) is 3.24. The Morgan fingerprint density at radius 1 is 1.18 bits per heavy atom. The summed E-state index contributed by atoms with van der Waals surface area (Å²) in [7, 11) is 0. The van der Waals surface area contributed by atoms with Gasteiger partial charge in [-0.2, -0.15) is 0 Å². The quantitative estimate of drug-likeness (QED) is 0.713. The SMILES string of the molecule is Br.[Ni][CH2]C=Cc1ccccc1. The van der Waals surface area contributed by atoms with E-state index in [1.54, 1.807) is 0 Å². The number of benzene rings is 1. The van der Waals surface area contributed by atoms with E-state index in [2.05, 4.69) is 27.6 Å². The third-order valence-corrected chi connectivity index (χ3v) is 1.42. The van der Waals surface area contributed by atoms with Crippen molar-refractivity contribution in [1.29, 1.82) is 0 Å². The zero-order valence-corrected chi connectivity index (χ0v) is 8.67. The summed E-state index contributed by atoms with van der Waals surface area (Å²) in [5, 5.41) is 0.731. The van der Waals surface area contributed by atoms with Gasteiger partial charge in [0.2, 0.25) is 0 Å². The summed E-state index contributed by atoms with van der Waals surface area (Å²) in [4.78, 5) is 0. The van der Waals surface area contributed by atoms with Crippen molar-refractivity contribution in [2.45, 2.75) is 5.39 Å². The first-order chi connectivity index (χ1) is 4.93. The van der Waals surface area contributed by atoms with E-state index in [0.29, 0.717) is 0 Å². The van der Waals surface area contributed by atoms with Crippen LogP contribution < -0.4 is 0 Å². The Hall–Kier alpha value is -0.0665. The van der Waals surface area contributed by atoms with Crippen LogP contribution in [0.5, 0.6) is 0 Å². The van der Waals surface area contributed by atoms with Crippen LogP contribution in [0.4, 0.5) is 0 Å². The van der Waals surface area contributed by atoms with Crippen LogP contribution in [0.1, 0.15) is 5.56 Å². The van der Waals surface area contributed by atoms with E-state index >= 15 is 0 Å². The summed E-state index contributed by atoms with van der Waals surface area (Å²) in [5.74, 6) is 0. The van der Waals surface area contributed by atoms with Crippen LogP contribution in [0.25, 0.3) is 6.08 Å². The van der Waals surface area contributed by atoms with Crippen molar-refractivity contribution in [2.24, 2.45) is 0 Å². The van der Waals surface area contributed by atoms with E-state index in [9.17, 15) is 0 Å². The first-order valence-electron chi connectivity index (χ1n) is 3.16. The van der Waals surface area contributed by atoms with Crippen LogP contribution in [-0.2, 0) is 15.5 Å². The van der Waals surface area contributed by atoms with E-state index in [-0.39, 0.29) is 17.0 Å². The van der Waals surface area contributed by atoms with Crippen LogP contribution in [-0.4, -0.2) is 0 Å². The molecule has 1 rings (SSSR count). The van der Waals surface area contributed by atoms with Gasteiger partial charge in [-0.15, -0.1) is 17.0 Å². The van der Waals surface area contributed by atoms with Crippen LogP contribution in [0.15, 0.2) is 36.4 Å². The summed E-state index contributed by atoms with van der Waals surface area (Å²) in [6.45, 7) is 0. The zero-order chi connectivity index (χ0) is 7.23. The van der Waals surface area contributed by atoms with Crippen LogP contribution in [0.3, 0.4) is 0 Å². The molecule has 0 nitrogen and oxygen atoms in total. The molecular formula is C9H10BrNi. The van der Waals surface area contributed by atoms with Gasteiger partial charge in [-0.3, -0.25) is 0 Å². The summed E-state index contributed by atoms with van der Waals surface area (Å²) in [6.07, 6.45) is 4.04. The molecule has 63 valence electrons. The molecule has 0 heterocycles. The molecule has 0 unspecified atom stereocenters. The Labute approximate surface area is 85.8 Å². The minimum atomic E-state index is 0. The van der Waals surface area contributed by atoms with Crippen molar-refractivity contribution in [3.63, 3.8) is 0 Å². The van der Waals surface area contributed by atoms with Crippen molar-refractivity contribution in [1.82, 2.24) is 0 Å². The number of hydrogen-bond acceptors (Lipinski definition) is 0. The Morgan fingerprint density at radius 2 is 1.82 bits per heavy atom. The van der Waals surface area contributed by atoms with Gasteiger partial charge in [-0.25, -0.2) is 0 Å². The Morgan fingerprint density at radius 3 is 2.36 bits per heavy atom. The average molecular weight is 257 g/mol. The van der Waals surface area contributed by atoms with Crippen molar-refractivity contribution in [2.75, 3.05) is 0 Å². The second-order valence-electron chi connectivity index (χ2n) is 1.94. The molecule has 0 atom stereocenters. The Balaban J connectivity index is 0.000001000. The zero-order valence-electron chi connectivity index (χ0n) is 5.97. The molecular weight excluding hydrogens is 247 g/mol. The van der Waals surface area contributed by atoms with Gasteiger partial charge in [-0.05, 0) is 0 Å². The van der Waals surface area contributed by atoms with Crippen molar-refractivity contribution >= 4 is 23.1 Å². The average Bonchev–Trinajstić information content (AvgIpc) is 2.03. The molecule has 0 spiro atoms. The van der Waals surface area contributed by atoms with E-state index < -0.39 is 0 Å². The fourth-order valence-electron chi connectivity index (χ4n) is 0.738. The molecule has 0 aliphatic heterocycles. The Kier molecular flexibility index (Phi) is 6.59. The first-order valence-corrected chi connectivity index (χ1v) is 3.86. The molecule has 0 radical (unpaired) electrons. The normalized spacial score (nSPS) is 9.64. The molecule has 0 aliphatic carbocycles. The molecule has 0 saturated heterocycles.